The molecule has 1 heterocycles. The zero-order chi connectivity index (χ0) is 13.3. The van der Waals surface area contributed by atoms with Gasteiger partial charge >= 0.3 is 5.69 Å². The number of nitrogen functional groups attached to an aromatic ring is 1. The van der Waals surface area contributed by atoms with Crippen LogP contribution in [0.25, 0.3) is 5.69 Å². The number of nitrogens with zero attached hydrogens (tertiary/aromatic N) is 3. The first-order valence-electron chi connectivity index (χ1n) is 4.83. The van der Waals surface area contributed by atoms with Gasteiger partial charge in [0.05, 0.1) is 16.2 Å². The number of aromatic nitrogens is 2. The number of halogens is 1. The minimum absolute atomic E-state index is 0.121. The molecule has 0 atom stereocenters. The maximum absolute atomic E-state index is 10.6. The number of nitrogens with one attached hydrogen (secondary N) is 1. The van der Waals surface area contributed by atoms with Crippen LogP contribution >= 0.6 is 15.9 Å². The molecule has 0 spiro atoms. The fraction of sp³-hybridized carbons (Fsp3) is 0. The molecule has 1 aromatic carbocycles. The van der Waals surface area contributed by atoms with E-state index in [-0.39, 0.29) is 11.5 Å². The second kappa shape index (κ2) is 4.57. The number of hydrogen-bond acceptors (Lipinski definition) is 4. The molecule has 2 rings (SSSR count). The van der Waals surface area contributed by atoms with Gasteiger partial charge in [0, 0.05) is 4.47 Å². The normalized spacial score (nSPS) is 10.3. The third-order valence-electron chi connectivity index (χ3n) is 2.29. The zero-order valence-electron chi connectivity index (χ0n) is 9.00. The molecule has 0 aliphatic carbocycles. The molecular formula is C10H8BrN5O2. The Hall–Kier alpha value is -2.22. The van der Waals surface area contributed by atoms with Gasteiger partial charge in [0.1, 0.15) is 18.2 Å². The third kappa shape index (κ3) is 2.09. The van der Waals surface area contributed by atoms with Gasteiger partial charge in [0.2, 0.25) is 0 Å². The van der Waals surface area contributed by atoms with Crippen LogP contribution in [0.3, 0.4) is 0 Å². The Labute approximate surface area is 110 Å². The summed E-state index contributed by atoms with van der Waals surface area (Å²) in [7, 11) is 0. The van der Waals surface area contributed by atoms with Crippen molar-refractivity contribution in [2.75, 3.05) is 0 Å². The highest BCUT2D eigenvalue weighted by atomic mass is 79.9. The standard InChI is InChI=1S/C10H8BrN5O2/c11-7-2-1-3-8(9(7)10(12)13)15-5-6(4-14-15)16(17)18/h1-5H,(H3,12,13). The van der Waals surface area contributed by atoms with Gasteiger partial charge in [0.25, 0.3) is 0 Å². The van der Waals surface area contributed by atoms with Crippen molar-refractivity contribution < 1.29 is 4.92 Å². The molecular weight excluding hydrogens is 302 g/mol. The van der Waals surface area contributed by atoms with Crippen molar-refractivity contribution in [1.82, 2.24) is 9.78 Å². The van der Waals surface area contributed by atoms with Gasteiger partial charge in [-0.3, -0.25) is 15.5 Å². The monoisotopic (exact) mass is 309 g/mol. The number of nitrogens with two attached hydrogens (primary N) is 1. The Morgan fingerprint density at radius 1 is 1.56 bits per heavy atom. The van der Waals surface area contributed by atoms with E-state index < -0.39 is 4.92 Å². The van der Waals surface area contributed by atoms with E-state index in [9.17, 15) is 10.1 Å². The molecule has 0 unspecified atom stereocenters. The van der Waals surface area contributed by atoms with Crippen LogP contribution in [0, 0.1) is 15.5 Å². The Kier molecular flexibility index (Phi) is 3.11. The molecule has 0 aliphatic rings. The molecule has 0 saturated carbocycles. The second-order valence-electron chi connectivity index (χ2n) is 3.45. The van der Waals surface area contributed by atoms with Gasteiger partial charge in [-0.1, -0.05) is 6.07 Å². The summed E-state index contributed by atoms with van der Waals surface area (Å²) in [4.78, 5) is 10.1. The first kappa shape index (κ1) is 12.2. The fourth-order valence-corrected chi connectivity index (χ4v) is 2.08. The van der Waals surface area contributed by atoms with Crippen molar-refractivity contribution in [3.8, 4) is 5.69 Å². The van der Waals surface area contributed by atoms with E-state index in [1.54, 1.807) is 18.2 Å². The van der Waals surface area contributed by atoms with Crippen molar-refractivity contribution in [3.05, 3.63) is 50.7 Å². The number of benzene rings is 1. The zero-order valence-corrected chi connectivity index (χ0v) is 10.6. The van der Waals surface area contributed by atoms with E-state index in [4.69, 9.17) is 11.1 Å². The summed E-state index contributed by atoms with van der Waals surface area (Å²) in [6.45, 7) is 0. The van der Waals surface area contributed by atoms with Gasteiger partial charge in [-0.25, -0.2) is 4.68 Å². The second-order valence-corrected chi connectivity index (χ2v) is 4.30. The quantitative estimate of drug-likeness (QED) is 0.390. The van der Waals surface area contributed by atoms with Crippen LogP contribution in [0.2, 0.25) is 0 Å². The van der Waals surface area contributed by atoms with Crippen molar-refractivity contribution in [2.24, 2.45) is 5.73 Å². The predicted octanol–water partition coefficient (Wildman–Crippen LogP) is 1.83. The lowest BCUT2D eigenvalue weighted by molar-refractivity contribution is -0.384. The summed E-state index contributed by atoms with van der Waals surface area (Å²) < 4.78 is 1.95. The molecule has 0 fully saturated rings. The van der Waals surface area contributed by atoms with E-state index in [1.807, 2.05) is 0 Å². The number of rotatable bonds is 3. The number of amidine groups is 1. The van der Waals surface area contributed by atoms with Crippen LogP contribution in [0.15, 0.2) is 35.1 Å². The van der Waals surface area contributed by atoms with E-state index in [0.29, 0.717) is 15.7 Å². The van der Waals surface area contributed by atoms with Gasteiger partial charge in [-0.15, -0.1) is 0 Å². The maximum atomic E-state index is 10.6. The first-order chi connectivity index (χ1) is 8.50. The Morgan fingerprint density at radius 3 is 2.83 bits per heavy atom. The van der Waals surface area contributed by atoms with E-state index >= 15 is 0 Å². The molecule has 7 nitrogen and oxygen atoms in total. The van der Waals surface area contributed by atoms with Crippen LogP contribution in [0.5, 0.6) is 0 Å². The molecule has 0 bridgehead atoms. The predicted molar refractivity (Wildman–Crippen MR) is 68.9 cm³/mol. The van der Waals surface area contributed by atoms with Crippen LogP contribution in [-0.2, 0) is 0 Å². The van der Waals surface area contributed by atoms with Crippen molar-refractivity contribution in [1.29, 1.82) is 5.41 Å². The van der Waals surface area contributed by atoms with E-state index in [1.165, 1.54) is 10.9 Å². The fourth-order valence-electron chi connectivity index (χ4n) is 1.51. The van der Waals surface area contributed by atoms with Crippen molar-refractivity contribution in [3.63, 3.8) is 0 Å². The van der Waals surface area contributed by atoms with Gasteiger partial charge in [-0.05, 0) is 28.1 Å². The molecule has 18 heavy (non-hydrogen) atoms. The van der Waals surface area contributed by atoms with Gasteiger partial charge < -0.3 is 5.73 Å². The largest absolute Gasteiger partial charge is 0.384 e. The Balaban J connectivity index is 2.59. The van der Waals surface area contributed by atoms with Crippen molar-refractivity contribution in [2.45, 2.75) is 0 Å². The number of hydrogen-bond donors (Lipinski definition) is 2. The lowest BCUT2D eigenvalue weighted by Crippen LogP contribution is -2.15. The van der Waals surface area contributed by atoms with E-state index in [2.05, 4.69) is 21.0 Å². The summed E-state index contributed by atoms with van der Waals surface area (Å²) in [6.07, 6.45) is 2.42. The Morgan fingerprint density at radius 2 is 2.28 bits per heavy atom. The Bertz CT molecular complexity index is 637. The lowest BCUT2D eigenvalue weighted by atomic mass is 10.1. The summed E-state index contributed by atoms with van der Waals surface area (Å²) in [5.74, 6) is -0.143. The molecule has 1 aromatic heterocycles. The smallest absolute Gasteiger partial charge is 0.307 e. The molecule has 2 aromatic rings. The summed E-state index contributed by atoms with van der Waals surface area (Å²) in [5.41, 5.74) is 6.32. The minimum atomic E-state index is -0.533. The van der Waals surface area contributed by atoms with Crippen LogP contribution in [0.1, 0.15) is 5.56 Å². The van der Waals surface area contributed by atoms with Gasteiger partial charge in [0.15, 0.2) is 0 Å². The van der Waals surface area contributed by atoms with Crippen LogP contribution in [-0.4, -0.2) is 20.5 Å². The number of nitro groups is 1. The molecule has 0 saturated heterocycles. The summed E-state index contributed by atoms with van der Waals surface area (Å²) in [6, 6.07) is 5.15. The molecule has 3 N–H and O–H groups in total. The highest BCUT2D eigenvalue weighted by Gasteiger charge is 2.15. The summed E-state index contributed by atoms with van der Waals surface area (Å²) >= 11 is 3.28. The van der Waals surface area contributed by atoms with Crippen molar-refractivity contribution >= 4 is 27.5 Å². The summed E-state index contributed by atoms with van der Waals surface area (Å²) in [5, 5.41) is 22.0. The van der Waals surface area contributed by atoms with Gasteiger partial charge in [-0.2, -0.15) is 5.10 Å². The molecule has 0 aliphatic heterocycles. The third-order valence-corrected chi connectivity index (χ3v) is 2.95. The first-order valence-corrected chi connectivity index (χ1v) is 5.62. The average molecular weight is 310 g/mol. The van der Waals surface area contributed by atoms with Crippen LogP contribution in [0.4, 0.5) is 5.69 Å². The molecule has 8 heteroatoms. The maximum Gasteiger partial charge on any atom is 0.307 e. The molecule has 92 valence electrons. The van der Waals surface area contributed by atoms with Crippen LogP contribution < -0.4 is 5.73 Å². The molecule has 0 amide bonds. The average Bonchev–Trinajstić information content (AvgIpc) is 2.77. The highest BCUT2D eigenvalue weighted by Crippen LogP contribution is 2.24. The minimum Gasteiger partial charge on any atom is -0.384 e. The highest BCUT2D eigenvalue weighted by molar-refractivity contribution is 9.10. The molecule has 0 radical (unpaired) electrons. The lowest BCUT2D eigenvalue weighted by Gasteiger charge is -2.09. The van der Waals surface area contributed by atoms with E-state index in [0.717, 1.165) is 6.20 Å². The SMILES string of the molecule is N=C(N)c1c(Br)cccc1-n1cc([N+](=O)[O-])cn1. The topological polar surface area (TPSA) is 111 Å².